The van der Waals surface area contributed by atoms with Crippen LogP contribution in [0.2, 0.25) is 0 Å². The Kier molecular flexibility index (Phi) is 14.5. The fourth-order valence-corrected chi connectivity index (χ4v) is 2.44. The number of carbonyl (C=O) groups excluding carboxylic acids is 1. The average molecular weight is 452 g/mol. The van der Waals surface area contributed by atoms with E-state index in [0.717, 1.165) is 44.2 Å². The summed E-state index contributed by atoms with van der Waals surface area (Å²) in [7, 11) is 1.79. The van der Waals surface area contributed by atoms with Gasteiger partial charge in [-0.15, -0.1) is 24.0 Å². The third-order valence-electron chi connectivity index (χ3n) is 4.04. The number of aliphatic imine (C=N–C) groups is 1. The van der Waals surface area contributed by atoms with Crippen molar-refractivity contribution < 1.29 is 4.79 Å². The molecule has 0 bridgehead atoms. The van der Waals surface area contributed by atoms with E-state index in [0.29, 0.717) is 12.5 Å². The minimum atomic E-state index is 0. The minimum absolute atomic E-state index is 0. The normalized spacial score (nSPS) is 14.2. The molecule has 1 saturated carbocycles. The quantitative estimate of drug-likeness (QED) is 0.184. The Morgan fingerprint density at radius 3 is 2.25 bits per heavy atom. The second-order valence-electron chi connectivity index (χ2n) is 6.97. The number of unbranched alkanes of at least 4 members (excludes halogenated alkanes) is 3. The molecule has 1 aliphatic rings. The van der Waals surface area contributed by atoms with Gasteiger partial charge in [-0.2, -0.15) is 0 Å². The van der Waals surface area contributed by atoms with E-state index in [4.69, 9.17) is 0 Å². The standard InChI is InChI=1S/C18H36N4O.HI/c1-15(2)9-6-4-5-7-13-20-18(19-3)21-14-8-10-17(23)22-16-11-12-16;/h15-16H,4-14H2,1-3H3,(H,22,23)(H2,19,20,21);1H. The second-order valence-corrected chi connectivity index (χ2v) is 6.97. The van der Waals surface area contributed by atoms with Gasteiger partial charge in [0.1, 0.15) is 0 Å². The molecule has 0 aliphatic heterocycles. The third-order valence-corrected chi connectivity index (χ3v) is 4.04. The highest BCUT2D eigenvalue weighted by atomic mass is 127. The smallest absolute Gasteiger partial charge is 0.220 e. The zero-order valence-electron chi connectivity index (χ0n) is 15.7. The number of guanidine groups is 1. The molecule has 0 aromatic carbocycles. The van der Waals surface area contributed by atoms with Crippen LogP contribution in [0.1, 0.15) is 71.6 Å². The van der Waals surface area contributed by atoms with Crippen molar-refractivity contribution in [2.45, 2.75) is 77.7 Å². The first kappa shape index (κ1) is 23.5. The van der Waals surface area contributed by atoms with Gasteiger partial charge in [0, 0.05) is 32.6 Å². The van der Waals surface area contributed by atoms with Crippen molar-refractivity contribution in [2.24, 2.45) is 10.9 Å². The van der Waals surface area contributed by atoms with Crippen LogP contribution in [-0.4, -0.2) is 38.0 Å². The van der Waals surface area contributed by atoms with Crippen LogP contribution >= 0.6 is 24.0 Å². The van der Waals surface area contributed by atoms with Gasteiger partial charge in [0.05, 0.1) is 0 Å². The van der Waals surface area contributed by atoms with Crippen molar-refractivity contribution >= 4 is 35.8 Å². The highest BCUT2D eigenvalue weighted by Gasteiger charge is 2.22. The second kappa shape index (κ2) is 14.8. The molecule has 0 radical (unpaired) electrons. The molecular weight excluding hydrogens is 415 g/mol. The van der Waals surface area contributed by atoms with Gasteiger partial charge in [-0.3, -0.25) is 9.79 Å². The van der Waals surface area contributed by atoms with Crippen molar-refractivity contribution in [3.63, 3.8) is 0 Å². The van der Waals surface area contributed by atoms with E-state index in [-0.39, 0.29) is 29.9 Å². The number of halogens is 1. The Balaban J connectivity index is 0.00000529. The van der Waals surface area contributed by atoms with Crippen molar-refractivity contribution in [1.82, 2.24) is 16.0 Å². The van der Waals surface area contributed by atoms with Gasteiger partial charge in [0.2, 0.25) is 5.91 Å². The first-order chi connectivity index (χ1) is 11.1. The van der Waals surface area contributed by atoms with E-state index in [1.807, 2.05) is 0 Å². The number of carbonyl (C=O) groups is 1. The molecule has 1 fully saturated rings. The lowest BCUT2D eigenvalue weighted by atomic mass is 10.0. The molecule has 1 amide bonds. The minimum Gasteiger partial charge on any atom is -0.356 e. The highest BCUT2D eigenvalue weighted by molar-refractivity contribution is 14.0. The van der Waals surface area contributed by atoms with E-state index in [2.05, 4.69) is 34.8 Å². The lowest BCUT2D eigenvalue weighted by Crippen LogP contribution is -2.38. The first-order valence-corrected chi connectivity index (χ1v) is 9.35. The molecule has 6 heteroatoms. The van der Waals surface area contributed by atoms with E-state index in [1.165, 1.54) is 32.1 Å². The average Bonchev–Trinajstić information content (AvgIpc) is 3.31. The maximum atomic E-state index is 11.6. The summed E-state index contributed by atoms with van der Waals surface area (Å²) in [6.07, 6.45) is 10.2. The van der Waals surface area contributed by atoms with Crippen molar-refractivity contribution in [3.05, 3.63) is 0 Å². The number of nitrogens with one attached hydrogen (secondary N) is 3. The summed E-state index contributed by atoms with van der Waals surface area (Å²) in [5.74, 6) is 1.84. The number of rotatable bonds is 12. The van der Waals surface area contributed by atoms with Crippen molar-refractivity contribution in [1.29, 1.82) is 0 Å². The number of hydrogen-bond donors (Lipinski definition) is 3. The number of hydrogen-bond acceptors (Lipinski definition) is 2. The zero-order valence-corrected chi connectivity index (χ0v) is 18.0. The Hall–Kier alpha value is -0.530. The summed E-state index contributed by atoms with van der Waals surface area (Å²) >= 11 is 0. The van der Waals surface area contributed by atoms with Crippen LogP contribution in [0.5, 0.6) is 0 Å². The Morgan fingerprint density at radius 2 is 1.67 bits per heavy atom. The summed E-state index contributed by atoms with van der Waals surface area (Å²) < 4.78 is 0. The van der Waals surface area contributed by atoms with Gasteiger partial charge < -0.3 is 16.0 Å². The van der Waals surface area contributed by atoms with Crippen molar-refractivity contribution in [2.75, 3.05) is 20.1 Å². The van der Waals surface area contributed by atoms with Gasteiger partial charge in [0.15, 0.2) is 5.96 Å². The summed E-state index contributed by atoms with van der Waals surface area (Å²) in [5.41, 5.74) is 0. The Morgan fingerprint density at radius 1 is 1.04 bits per heavy atom. The van der Waals surface area contributed by atoms with Crippen LogP contribution in [0.3, 0.4) is 0 Å². The van der Waals surface area contributed by atoms with E-state index >= 15 is 0 Å². The molecule has 0 unspecified atom stereocenters. The topological polar surface area (TPSA) is 65.5 Å². The first-order valence-electron chi connectivity index (χ1n) is 9.35. The molecule has 0 spiro atoms. The SMILES string of the molecule is CN=C(NCCCCCCC(C)C)NCCCC(=O)NC1CC1.I. The summed E-state index contributed by atoms with van der Waals surface area (Å²) in [6, 6.07) is 0.463. The van der Waals surface area contributed by atoms with Crippen LogP contribution in [-0.2, 0) is 4.79 Å². The maximum absolute atomic E-state index is 11.6. The van der Waals surface area contributed by atoms with Crippen LogP contribution < -0.4 is 16.0 Å². The summed E-state index contributed by atoms with van der Waals surface area (Å²) in [5, 5.41) is 9.62. The van der Waals surface area contributed by atoms with E-state index < -0.39 is 0 Å². The molecule has 0 atom stereocenters. The fourth-order valence-electron chi connectivity index (χ4n) is 2.44. The van der Waals surface area contributed by atoms with Crippen LogP contribution in [0.25, 0.3) is 0 Å². The van der Waals surface area contributed by atoms with Crippen molar-refractivity contribution in [3.8, 4) is 0 Å². The lowest BCUT2D eigenvalue weighted by molar-refractivity contribution is -0.121. The molecule has 5 nitrogen and oxygen atoms in total. The van der Waals surface area contributed by atoms with Gasteiger partial charge in [-0.25, -0.2) is 0 Å². The lowest BCUT2D eigenvalue weighted by Gasteiger charge is -2.12. The molecule has 1 aliphatic carbocycles. The molecule has 0 saturated heterocycles. The van der Waals surface area contributed by atoms with Crippen LogP contribution in [0.4, 0.5) is 0 Å². The van der Waals surface area contributed by atoms with Gasteiger partial charge in [0.25, 0.3) is 0 Å². The molecule has 142 valence electrons. The van der Waals surface area contributed by atoms with Crippen LogP contribution in [0, 0.1) is 5.92 Å². The van der Waals surface area contributed by atoms with Gasteiger partial charge in [-0.05, 0) is 31.6 Å². The molecule has 0 aromatic rings. The molecule has 24 heavy (non-hydrogen) atoms. The molecule has 1 rings (SSSR count). The largest absolute Gasteiger partial charge is 0.356 e. The number of amides is 1. The maximum Gasteiger partial charge on any atom is 0.220 e. The number of nitrogens with zero attached hydrogens (tertiary/aromatic N) is 1. The molecule has 3 N–H and O–H groups in total. The third kappa shape index (κ3) is 13.9. The highest BCUT2D eigenvalue weighted by Crippen LogP contribution is 2.18. The van der Waals surface area contributed by atoms with Gasteiger partial charge in [-0.1, -0.05) is 39.5 Å². The fraction of sp³-hybridized carbons (Fsp3) is 0.889. The predicted octanol–water partition coefficient (Wildman–Crippen LogP) is 3.43. The van der Waals surface area contributed by atoms with E-state index in [9.17, 15) is 4.79 Å². The summed E-state index contributed by atoms with van der Waals surface area (Å²) in [6.45, 7) is 6.31. The summed E-state index contributed by atoms with van der Waals surface area (Å²) in [4.78, 5) is 15.8. The molecule has 0 heterocycles. The van der Waals surface area contributed by atoms with Gasteiger partial charge >= 0.3 is 0 Å². The monoisotopic (exact) mass is 452 g/mol. The van der Waals surface area contributed by atoms with Crippen LogP contribution in [0.15, 0.2) is 4.99 Å². The molecular formula is C18H37IN4O. The predicted molar refractivity (Wildman–Crippen MR) is 113 cm³/mol. The van der Waals surface area contributed by atoms with E-state index in [1.54, 1.807) is 7.05 Å². The zero-order chi connectivity index (χ0) is 16.9. The molecule has 0 aromatic heterocycles. The Labute approximate surface area is 165 Å². The Bertz CT molecular complexity index is 357.